The number of aryl methyl sites for hydroxylation is 3. The van der Waals surface area contributed by atoms with Crippen LogP contribution in [-0.2, 0) is 17.9 Å². The highest BCUT2D eigenvalue weighted by atomic mass is 14.9. The average Bonchev–Trinajstić information content (AvgIpc) is 2.73. The molecule has 0 spiro atoms. The largest absolute Gasteiger partial charge is 0.212 e. The normalized spacial score (nSPS) is 16.1. The number of aromatic nitrogens is 1. The number of benzene rings is 3. The number of pyridine rings is 1. The quantitative estimate of drug-likeness (QED) is 0.295. The lowest BCUT2D eigenvalue weighted by molar-refractivity contribution is -0.660. The first kappa shape index (κ1) is 20.0. The van der Waals surface area contributed by atoms with E-state index in [1.165, 1.54) is 55.4 Å². The van der Waals surface area contributed by atoms with E-state index in [1.807, 2.05) is 0 Å². The van der Waals surface area contributed by atoms with Gasteiger partial charge in [-0.25, -0.2) is 4.57 Å². The highest BCUT2D eigenvalue weighted by Gasteiger charge is 2.47. The van der Waals surface area contributed by atoms with Crippen molar-refractivity contribution in [2.24, 2.45) is 7.05 Å². The third-order valence-corrected chi connectivity index (χ3v) is 8.03. The van der Waals surface area contributed by atoms with E-state index in [1.54, 1.807) is 0 Å². The van der Waals surface area contributed by atoms with Gasteiger partial charge in [-0.15, -0.1) is 0 Å². The van der Waals surface area contributed by atoms with Gasteiger partial charge in [-0.3, -0.25) is 0 Å². The number of hydrogen-bond donors (Lipinski definition) is 0. The van der Waals surface area contributed by atoms with Crippen LogP contribution >= 0.6 is 0 Å². The lowest BCUT2D eigenvalue weighted by Gasteiger charge is -2.49. The fraction of sp³-hybridized carbons (Fsp3) is 0.300. The zero-order chi connectivity index (χ0) is 22.1. The van der Waals surface area contributed by atoms with Crippen LogP contribution in [0.25, 0.3) is 33.2 Å². The van der Waals surface area contributed by atoms with Gasteiger partial charge >= 0.3 is 0 Å². The molecule has 1 aliphatic rings. The smallest absolute Gasteiger partial charge is 0.201 e. The minimum Gasteiger partial charge on any atom is -0.201 e. The summed E-state index contributed by atoms with van der Waals surface area (Å²) in [5.41, 5.74) is 10.9. The van der Waals surface area contributed by atoms with Crippen molar-refractivity contribution < 1.29 is 4.57 Å². The van der Waals surface area contributed by atoms with Crippen LogP contribution in [0.3, 0.4) is 0 Å². The SMILES string of the molecule is Cc1cc[n+](C)c(-c2cc3c(cc2C)C(C)(C)C(C)(C)c2c-3ccc3ccccc23)c1. The Bertz CT molecular complexity index is 1350. The summed E-state index contributed by atoms with van der Waals surface area (Å²) in [7, 11) is 2.14. The van der Waals surface area contributed by atoms with E-state index < -0.39 is 0 Å². The summed E-state index contributed by atoms with van der Waals surface area (Å²) >= 11 is 0. The summed E-state index contributed by atoms with van der Waals surface area (Å²) in [6, 6.07) is 22.9. The van der Waals surface area contributed by atoms with E-state index >= 15 is 0 Å². The molecule has 0 radical (unpaired) electrons. The monoisotopic (exact) mass is 406 g/mol. The van der Waals surface area contributed by atoms with Gasteiger partial charge < -0.3 is 0 Å². The maximum atomic E-state index is 2.45. The molecule has 3 aromatic carbocycles. The van der Waals surface area contributed by atoms with Gasteiger partial charge in [0.1, 0.15) is 7.05 Å². The lowest BCUT2D eigenvalue weighted by Crippen LogP contribution is -2.43. The maximum Gasteiger partial charge on any atom is 0.212 e. The van der Waals surface area contributed by atoms with Gasteiger partial charge in [-0.1, -0.05) is 70.2 Å². The Labute approximate surface area is 186 Å². The van der Waals surface area contributed by atoms with Gasteiger partial charge in [-0.2, -0.15) is 0 Å². The molecule has 1 aromatic heterocycles. The highest BCUT2D eigenvalue weighted by Crippen LogP contribution is 2.56. The van der Waals surface area contributed by atoms with Crippen LogP contribution in [0.5, 0.6) is 0 Å². The van der Waals surface area contributed by atoms with Gasteiger partial charge in [0, 0.05) is 23.1 Å². The second kappa shape index (κ2) is 6.53. The maximum absolute atomic E-state index is 2.45. The van der Waals surface area contributed by atoms with Gasteiger partial charge in [0.2, 0.25) is 5.69 Å². The molecule has 31 heavy (non-hydrogen) atoms. The third-order valence-electron chi connectivity index (χ3n) is 8.03. The average molecular weight is 407 g/mol. The Balaban J connectivity index is 1.90. The van der Waals surface area contributed by atoms with Crippen LogP contribution in [0.4, 0.5) is 0 Å². The van der Waals surface area contributed by atoms with Crippen molar-refractivity contribution in [1.29, 1.82) is 0 Å². The molecule has 4 aromatic rings. The van der Waals surface area contributed by atoms with E-state index in [0.717, 1.165) is 0 Å². The summed E-state index contributed by atoms with van der Waals surface area (Å²) in [5, 5.41) is 2.71. The van der Waals surface area contributed by atoms with Crippen LogP contribution in [0, 0.1) is 13.8 Å². The second-order valence-corrected chi connectivity index (χ2v) is 10.4. The molecule has 0 aliphatic heterocycles. The summed E-state index contributed by atoms with van der Waals surface area (Å²) in [5.74, 6) is 0. The molecule has 1 nitrogen and oxygen atoms in total. The molecule has 0 bridgehead atoms. The molecule has 1 heterocycles. The minimum atomic E-state index is 0.0114. The molecule has 5 rings (SSSR count). The Morgan fingerprint density at radius 3 is 2.23 bits per heavy atom. The standard InChI is InChI=1S/C30H32N/c1-19-14-15-31(7)27(16-19)24-18-25-23-13-12-21-10-8-9-11-22(21)28(23)30(5,6)29(3,4)26(25)17-20(24)2/h8-18H,1-7H3/q+1. The first-order valence-electron chi connectivity index (χ1n) is 11.3. The fourth-order valence-corrected chi connectivity index (χ4v) is 5.49. The molecule has 1 heteroatoms. The Morgan fingerprint density at radius 2 is 1.45 bits per heavy atom. The van der Waals surface area contributed by atoms with Crippen molar-refractivity contribution in [2.45, 2.75) is 52.4 Å². The van der Waals surface area contributed by atoms with E-state index in [2.05, 4.69) is 120 Å². The van der Waals surface area contributed by atoms with Gasteiger partial charge in [0.15, 0.2) is 6.20 Å². The number of hydrogen-bond acceptors (Lipinski definition) is 0. The molecule has 0 unspecified atom stereocenters. The first-order valence-corrected chi connectivity index (χ1v) is 11.3. The zero-order valence-electron chi connectivity index (χ0n) is 19.8. The summed E-state index contributed by atoms with van der Waals surface area (Å²) in [6.45, 7) is 14.1. The molecule has 0 N–H and O–H groups in total. The lowest BCUT2D eigenvalue weighted by atomic mass is 9.54. The minimum absolute atomic E-state index is 0.0114. The third kappa shape index (κ3) is 2.72. The molecule has 0 fully saturated rings. The Hall–Kier alpha value is -2.93. The first-order chi connectivity index (χ1) is 14.6. The van der Waals surface area contributed by atoms with E-state index in [-0.39, 0.29) is 10.8 Å². The number of rotatable bonds is 1. The Kier molecular flexibility index (Phi) is 4.21. The van der Waals surface area contributed by atoms with Crippen LogP contribution in [0.15, 0.2) is 66.9 Å². The van der Waals surface area contributed by atoms with Crippen LogP contribution < -0.4 is 4.57 Å². The summed E-state index contributed by atoms with van der Waals surface area (Å²) in [4.78, 5) is 0. The van der Waals surface area contributed by atoms with Gasteiger partial charge in [0.25, 0.3) is 0 Å². The van der Waals surface area contributed by atoms with Crippen molar-refractivity contribution in [1.82, 2.24) is 0 Å². The molecule has 0 saturated carbocycles. The predicted octanol–water partition coefficient (Wildman–Crippen LogP) is 7.18. The molecule has 0 saturated heterocycles. The van der Waals surface area contributed by atoms with Crippen LogP contribution in [-0.4, -0.2) is 0 Å². The van der Waals surface area contributed by atoms with Crippen molar-refractivity contribution in [3.63, 3.8) is 0 Å². The topological polar surface area (TPSA) is 3.88 Å². The fourth-order valence-electron chi connectivity index (χ4n) is 5.49. The molecular formula is C30H32N+. The van der Waals surface area contributed by atoms with Crippen LogP contribution in [0.2, 0.25) is 0 Å². The number of nitrogens with zero attached hydrogens (tertiary/aromatic N) is 1. The molecule has 0 atom stereocenters. The van der Waals surface area contributed by atoms with Crippen molar-refractivity contribution in [3.05, 3.63) is 89.1 Å². The zero-order valence-corrected chi connectivity index (χ0v) is 19.8. The van der Waals surface area contributed by atoms with E-state index in [0.29, 0.717) is 0 Å². The van der Waals surface area contributed by atoms with Crippen LogP contribution in [0.1, 0.15) is 49.9 Å². The van der Waals surface area contributed by atoms with Crippen molar-refractivity contribution >= 4 is 10.8 Å². The Morgan fingerprint density at radius 1 is 0.710 bits per heavy atom. The molecular weight excluding hydrogens is 374 g/mol. The van der Waals surface area contributed by atoms with Crippen molar-refractivity contribution in [3.8, 4) is 22.4 Å². The highest BCUT2D eigenvalue weighted by molar-refractivity contribution is 5.96. The molecule has 0 amide bonds. The van der Waals surface area contributed by atoms with Crippen molar-refractivity contribution in [2.75, 3.05) is 0 Å². The molecule has 1 aliphatic carbocycles. The second-order valence-electron chi connectivity index (χ2n) is 10.4. The van der Waals surface area contributed by atoms with E-state index in [9.17, 15) is 0 Å². The predicted molar refractivity (Wildman–Crippen MR) is 132 cm³/mol. The van der Waals surface area contributed by atoms with E-state index in [4.69, 9.17) is 0 Å². The van der Waals surface area contributed by atoms with Gasteiger partial charge in [-0.05, 0) is 69.5 Å². The summed E-state index contributed by atoms with van der Waals surface area (Å²) < 4.78 is 2.24. The number of fused-ring (bicyclic) bond motifs is 5. The van der Waals surface area contributed by atoms with Gasteiger partial charge in [0.05, 0.1) is 0 Å². The summed E-state index contributed by atoms with van der Waals surface area (Å²) in [6.07, 6.45) is 2.16. The molecule has 156 valence electrons.